The minimum absolute atomic E-state index is 0.696. The molecule has 0 radical (unpaired) electrons. The van der Waals surface area contributed by atoms with Crippen LogP contribution >= 0.6 is 0 Å². The van der Waals surface area contributed by atoms with Crippen LogP contribution in [0.15, 0.2) is 18.3 Å². The summed E-state index contributed by atoms with van der Waals surface area (Å²) in [6.07, 6.45) is 7.39. The lowest BCUT2D eigenvalue weighted by molar-refractivity contribution is 0.377. The summed E-state index contributed by atoms with van der Waals surface area (Å²) in [6.45, 7) is 11.1. The Labute approximate surface area is 130 Å². The number of aromatic nitrogens is 1. The Morgan fingerprint density at radius 2 is 2.05 bits per heavy atom. The molecule has 3 heteroatoms. The van der Waals surface area contributed by atoms with E-state index in [0.29, 0.717) is 5.92 Å². The number of pyridine rings is 1. The van der Waals surface area contributed by atoms with E-state index in [9.17, 15) is 0 Å². The first-order valence-corrected chi connectivity index (χ1v) is 8.59. The summed E-state index contributed by atoms with van der Waals surface area (Å²) in [7, 11) is 0. The third kappa shape index (κ3) is 5.31. The van der Waals surface area contributed by atoms with E-state index < -0.39 is 0 Å². The molecule has 3 nitrogen and oxygen atoms in total. The molecule has 118 valence electrons. The molecule has 0 bridgehead atoms. The zero-order chi connectivity index (χ0) is 15.1. The Kier molecular flexibility index (Phi) is 6.50. The zero-order valence-electron chi connectivity index (χ0n) is 13.9. The molecule has 2 heterocycles. The lowest BCUT2D eigenvalue weighted by atomic mass is 9.92. The maximum atomic E-state index is 4.66. The second kappa shape index (κ2) is 8.38. The van der Waals surface area contributed by atoms with Crippen molar-refractivity contribution in [3.63, 3.8) is 0 Å². The predicted molar refractivity (Wildman–Crippen MR) is 90.6 cm³/mol. The van der Waals surface area contributed by atoms with Gasteiger partial charge in [0.25, 0.3) is 0 Å². The number of anilines is 1. The van der Waals surface area contributed by atoms with E-state index in [0.717, 1.165) is 24.8 Å². The van der Waals surface area contributed by atoms with Crippen LogP contribution in [0.5, 0.6) is 0 Å². The van der Waals surface area contributed by atoms with Gasteiger partial charge < -0.3 is 10.2 Å². The van der Waals surface area contributed by atoms with Gasteiger partial charge in [-0.05, 0) is 42.9 Å². The van der Waals surface area contributed by atoms with Crippen molar-refractivity contribution in [1.29, 1.82) is 0 Å². The first-order valence-electron chi connectivity index (χ1n) is 8.59. The second-order valence-electron chi connectivity index (χ2n) is 6.77. The fraction of sp³-hybridized carbons (Fsp3) is 0.722. The summed E-state index contributed by atoms with van der Waals surface area (Å²) >= 11 is 0. The highest BCUT2D eigenvalue weighted by Crippen LogP contribution is 2.24. The highest BCUT2D eigenvalue weighted by molar-refractivity contribution is 5.39. The Balaban J connectivity index is 1.79. The maximum absolute atomic E-state index is 4.66. The largest absolute Gasteiger partial charge is 0.357 e. The summed E-state index contributed by atoms with van der Waals surface area (Å²) in [6, 6.07) is 4.40. The van der Waals surface area contributed by atoms with Gasteiger partial charge in [-0.25, -0.2) is 4.98 Å². The SMILES string of the molecule is CCCC1CCN(c2ccc(CNCC(C)C)cn2)CC1. The number of nitrogens with one attached hydrogen (secondary N) is 1. The predicted octanol–water partition coefficient (Wildman–Crippen LogP) is 3.84. The Hall–Kier alpha value is -1.09. The highest BCUT2D eigenvalue weighted by atomic mass is 15.2. The van der Waals surface area contributed by atoms with Crippen LogP contribution in [0.1, 0.15) is 52.0 Å². The van der Waals surface area contributed by atoms with Gasteiger partial charge in [-0.1, -0.05) is 39.7 Å². The van der Waals surface area contributed by atoms with E-state index in [2.05, 4.69) is 48.1 Å². The third-order valence-electron chi connectivity index (χ3n) is 4.33. The molecule has 0 atom stereocenters. The molecule has 2 rings (SSSR count). The number of hydrogen-bond donors (Lipinski definition) is 1. The van der Waals surface area contributed by atoms with Crippen molar-refractivity contribution >= 4 is 5.82 Å². The van der Waals surface area contributed by atoms with E-state index >= 15 is 0 Å². The van der Waals surface area contributed by atoms with Crippen molar-refractivity contribution in [2.45, 2.75) is 53.0 Å². The van der Waals surface area contributed by atoms with E-state index in [1.807, 2.05) is 6.20 Å². The van der Waals surface area contributed by atoms with Crippen molar-refractivity contribution in [3.05, 3.63) is 23.9 Å². The summed E-state index contributed by atoms with van der Waals surface area (Å²) < 4.78 is 0. The standard InChI is InChI=1S/C18H31N3/c1-4-5-16-8-10-21(11-9-16)18-7-6-17(14-20-18)13-19-12-15(2)3/h6-7,14-16,19H,4-5,8-13H2,1-3H3. The third-order valence-corrected chi connectivity index (χ3v) is 4.33. The van der Waals surface area contributed by atoms with E-state index in [1.165, 1.54) is 44.3 Å². The molecule has 1 N–H and O–H groups in total. The van der Waals surface area contributed by atoms with Crippen LogP contribution in [0.3, 0.4) is 0 Å². The highest BCUT2D eigenvalue weighted by Gasteiger charge is 2.19. The summed E-state index contributed by atoms with van der Waals surface area (Å²) in [5.41, 5.74) is 1.28. The molecule has 0 spiro atoms. The fourth-order valence-electron chi connectivity index (χ4n) is 3.07. The van der Waals surface area contributed by atoms with Crippen molar-refractivity contribution < 1.29 is 0 Å². The van der Waals surface area contributed by atoms with Gasteiger partial charge in [-0.3, -0.25) is 0 Å². The van der Waals surface area contributed by atoms with E-state index in [4.69, 9.17) is 0 Å². The van der Waals surface area contributed by atoms with Crippen molar-refractivity contribution in [2.24, 2.45) is 11.8 Å². The van der Waals surface area contributed by atoms with Crippen molar-refractivity contribution in [3.8, 4) is 0 Å². The van der Waals surface area contributed by atoms with Crippen molar-refractivity contribution in [1.82, 2.24) is 10.3 Å². The van der Waals surface area contributed by atoms with Crippen LogP contribution in [0.2, 0.25) is 0 Å². The summed E-state index contributed by atoms with van der Waals surface area (Å²) in [4.78, 5) is 7.10. The molecule has 1 aromatic rings. The lowest BCUT2D eigenvalue weighted by Gasteiger charge is -2.32. The average Bonchev–Trinajstić information content (AvgIpc) is 2.49. The number of rotatable bonds is 7. The molecular formula is C18H31N3. The molecule has 0 aromatic carbocycles. The quantitative estimate of drug-likeness (QED) is 0.826. The second-order valence-corrected chi connectivity index (χ2v) is 6.77. The van der Waals surface area contributed by atoms with Gasteiger partial charge in [0.2, 0.25) is 0 Å². The summed E-state index contributed by atoms with van der Waals surface area (Å²) in [5.74, 6) is 2.78. The first-order chi connectivity index (χ1) is 10.2. The van der Waals surface area contributed by atoms with Crippen molar-refractivity contribution in [2.75, 3.05) is 24.5 Å². The molecule has 1 aliphatic heterocycles. The Morgan fingerprint density at radius 3 is 2.62 bits per heavy atom. The van der Waals surface area contributed by atoms with Gasteiger partial charge in [-0.15, -0.1) is 0 Å². The van der Waals surface area contributed by atoms with Crippen LogP contribution in [0.4, 0.5) is 5.82 Å². The molecular weight excluding hydrogens is 258 g/mol. The van der Waals surface area contributed by atoms with Crippen LogP contribution in [0, 0.1) is 11.8 Å². The van der Waals surface area contributed by atoms with Gasteiger partial charge in [0, 0.05) is 25.8 Å². The Bertz CT molecular complexity index is 391. The topological polar surface area (TPSA) is 28.2 Å². The molecule has 0 saturated carbocycles. The fourth-order valence-corrected chi connectivity index (χ4v) is 3.07. The van der Waals surface area contributed by atoms with Gasteiger partial charge in [-0.2, -0.15) is 0 Å². The van der Waals surface area contributed by atoms with Crippen LogP contribution in [-0.2, 0) is 6.54 Å². The smallest absolute Gasteiger partial charge is 0.128 e. The normalized spacial score (nSPS) is 16.7. The monoisotopic (exact) mass is 289 g/mol. The first kappa shape index (κ1) is 16.3. The minimum Gasteiger partial charge on any atom is -0.357 e. The Morgan fingerprint density at radius 1 is 1.29 bits per heavy atom. The summed E-state index contributed by atoms with van der Waals surface area (Å²) in [5, 5.41) is 3.47. The van der Waals surface area contributed by atoms with Crippen LogP contribution in [0.25, 0.3) is 0 Å². The molecule has 21 heavy (non-hydrogen) atoms. The average molecular weight is 289 g/mol. The minimum atomic E-state index is 0.696. The van der Waals surface area contributed by atoms with Gasteiger partial charge in [0.05, 0.1) is 0 Å². The molecule has 0 unspecified atom stereocenters. The molecule has 1 fully saturated rings. The van der Waals surface area contributed by atoms with Gasteiger partial charge in [0.1, 0.15) is 5.82 Å². The number of piperidine rings is 1. The zero-order valence-corrected chi connectivity index (χ0v) is 13.9. The van der Waals surface area contributed by atoms with Crippen LogP contribution < -0.4 is 10.2 Å². The van der Waals surface area contributed by atoms with Crippen LogP contribution in [-0.4, -0.2) is 24.6 Å². The number of hydrogen-bond acceptors (Lipinski definition) is 3. The molecule has 1 aromatic heterocycles. The molecule has 0 aliphatic carbocycles. The number of nitrogens with zero attached hydrogens (tertiary/aromatic N) is 2. The van der Waals surface area contributed by atoms with Gasteiger partial charge >= 0.3 is 0 Å². The molecule has 1 saturated heterocycles. The van der Waals surface area contributed by atoms with E-state index in [-0.39, 0.29) is 0 Å². The lowest BCUT2D eigenvalue weighted by Crippen LogP contribution is -2.34. The maximum Gasteiger partial charge on any atom is 0.128 e. The molecule has 0 amide bonds. The van der Waals surface area contributed by atoms with E-state index in [1.54, 1.807) is 0 Å². The van der Waals surface area contributed by atoms with Gasteiger partial charge in [0.15, 0.2) is 0 Å². The molecule has 1 aliphatic rings.